The second-order valence-electron chi connectivity index (χ2n) is 8.82. The fourth-order valence-corrected chi connectivity index (χ4v) is 5.56. The van der Waals surface area contributed by atoms with Crippen molar-refractivity contribution in [2.75, 3.05) is 40.0 Å². The zero-order valence-corrected chi connectivity index (χ0v) is 20.4. The molecule has 0 spiro atoms. The first kappa shape index (κ1) is 27.5. The average Bonchev–Trinajstić information content (AvgIpc) is 2.57. The van der Waals surface area contributed by atoms with Gasteiger partial charge in [-0.25, -0.2) is 0 Å². The second kappa shape index (κ2) is 17.3. The van der Waals surface area contributed by atoms with Gasteiger partial charge in [0.1, 0.15) is 13.2 Å². The molecule has 0 aliphatic rings. The van der Waals surface area contributed by atoms with Crippen molar-refractivity contribution in [1.29, 1.82) is 0 Å². The molecule has 0 saturated heterocycles. The van der Waals surface area contributed by atoms with Crippen LogP contribution in [0.4, 0.5) is 0 Å². The van der Waals surface area contributed by atoms with Crippen LogP contribution in [0, 0.1) is 0 Å². The van der Waals surface area contributed by atoms with Crippen LogP contribution in [0.3, 0.4) is 0 Å². The molecule has 0 aromatic carbocycles. The Hall–Kier alpha value is 0.460. The van der Waals surface area contributed by atoms with Crippen LogP contribution in [0.15, 0.2) is 0 Å². The highest BCUT2D eigenvalue weighted by Gasteiger charge is 2.19. The van der Waals surface area contributed by atoms with Gasteiger partial charge >= 0.3 is 6.72 Å². The maximum atomic E-state index is 12.1. The molecule has 4 nitrogen and oxygen atoms in total. The van der Waals surface area contributed by atoms with Gasteiger partial charge in [-0.05, 0) is 6.42 Å². The molecule has 0 amide bonds. The van der Waals surface area contributed by atoms with Crippen molar-refractivity contribution in [2.24, 2.45) is 5.50 Å². The van der Waals surface area contributed by atoms with E-state index in [-0.39, 0.29) is 0 Å². The molecule has 0 fully saturated rings. The van der Waals surface area contributed by atoms with Crippen LogP contribution in [-0.4, -0.2) is 44.5 Å². The number of hydrogen-bond acceptors (Lipinski definition) is 3. The third-order valence-corrected chi connectivity index (χ3v) is 8.12. The maximum Gasteiger partial charge on any atom is 0.324 e. The lowest BCUT2D eigenvalue weighted by Gasteiger charge is -2.24. The van der Waals surface area contributed by atoms with Crippen LogP contribution in [0.5, 0.6) is 0 Å². The average molecular weight is 424 g/mol. The Morgan fingerprint density at radius 3 is 1.59 bits per heavy atom. The van der Waals surface area contributed by atoms with E-state index in [2.05, 4.69) is 28.1 Å². The summed E-state index contributed by atoms with van der Waals surface area (Å²) >= 11 is 1.32. The minimum atomic E-state index is -2.96. The topological polar surface area (TPSA) is 52.3 Å². The van der Waals surface area contributed by atoms with E-state index in [0.29, 0.717) is 6.61 Å². The zero-order valence-electron chi connectivity index (χ0n) is 18.7. The monoisotopic (exact) mass is 423 g/mol. The molecule has 0 bridgehead atoms. The summed E-state index contributed by atoms with van der Waals surface area (Å²) in [4.78, 5) is 0. The highest BCUT2D eigenvalue weighted by Crippen LogP contribution is 2.52. The molecular formula is C21H48N2O2PS+. The van der Waals surface area contributed by atoms with E-state index in [1.807, 2.05) is 0 Å². The quantitative estimate of drug-likeness (QED) is 0.130. The van der Waals surface area contributed by atoms with Crippen LogP contribution >= 0.6 is 18.1 Å². The van der Waals surface area contributed by atoms with Crippen molar-refractivity contribution < 1.29 is 13.6 Å². The van der Waals surface area contributed by atoms with Gasteiger partial charge in [-0.1, -0.05) is 102 Å². The molecule has 1 atom stereocenters. The van der Waals surface area contributed by atoms with Gasteiger partial charge in [0.25, 0.3) is 0 Å². The predicted molar refractivity (Wildman–Crippen MR) is 123 cm³/mol. The van der Waals surface area contributed by atoms with Gasteiger partial charge in [-0.3, -0.25) is 10.1 Å². The summed E-state index contributed by atoms with van der Waals surface area (Å²) in [6, 6.07) is 0. The van der Waals surface area contributed by atoms with Gasteiger partial charge in [0.2, 0.25) is 0 Å². The number of hydrogen-bond donors (Lipinski definition) is 1. The third-order valence-electron chi connectivity index (χ3n) is 4.80. The first-order valence-electron chi connectivity index (χ1n) is 11.2. The smallest absolute Gasteiger partial charge is 0.324 e. The fraction of sp³-hybridized carbons (Fsp3) is 1.00. The van der Waals surface area contributed by atoms with E-state index in [1.54, 1.807) is 0 Å². The number of unbranched alkanes of at least 4 members (excludes halogenated alkanes) is 13. The predicted octanol–water partition coefficient (Wildman–Crippen LogP) is 6.99. The summed E-state index contributed by atoms with van der Waals surface area (Å²) in [6.07, 6.45) is 19.0. The van der Waals surface area contributed by atoms with Crippen LogP contribution in [0.2, 0.25) is 0 Å². The number of likely N-dealkylation sites (N-methyl/N-ethyl adjacent to an activating group) is 1. The Kier molecular flexibility index (Phi) is 17.6. The van der Waals surface area contributed by atoms with Gasteiger partial charge in [0.05, 0.1) is 21.1 Å². The van der Waals surface area contributed by atoms with Crippen LogP contribution in [-0.2, 0) is 9.09 Å². The van der Waals surface area contributed by atoms with Gasteiger partial charge < -0.3 is 9.01 Å². The summed E-state index contributed by atoms with van der Waals surface area (Å²) in [5, 5.41) is 0. The lowest BCUT2D eigenvalue weighted by atomic mass is 10.0. The number of rotatable bonds is 20. The summed E-state index contributed by atoms with van der Waals surface area (Å²) in [6.45, 7) is 0.599. The van der Waals surface area contributed by atoms with E-state index in [4.69, 9.17) is 10.0 Å². The molecule has 6 heteroatoms. The SMILES string of the molecule is CCCCCCCCCCCCCCCCSP(N)(=O)OCC[N+](C)(C)C. The molecule has 0 radical (unpaired) electrons. The molecule has 2 N–H and O–H groups in total. The molecule has 0 aromatic heterocycles. The summed E-state index contributed by atoms with van der Waals surface area (Å²) in [7, 11) is 6.27. The lowest BCUT2D eigenvalue weighted by Crippen LogP contribution is -2.37. The standard InChI is InChI=1S/C21H48N2O2PS/c1-5-6-7-8-9-10-11-12-13-14-15-16-17-18-21-27-26(22,24)25-20-19-23(2,3)4/h5-21H2,1-4H3,(H2,22,24)/q+1. The zero-order chi connectivity index (χ0) is 20.4. The minimum Gasteiger partial charge on any atom is -0.329 e. The highest BCUT2D eigenvalue weighted by atomic mass is 32.7. The largest absolute Gasteiger partial charge is 0.329 e. The van der Waals surface area contributed by atoms with Crippen molar-refractivity contribution in [3.8, 4) is 0 Å². The van der Waals surface area contributed by atoms with E-state index < -0.39 is 6.72 Å². The van der Waals surface area contributed by atoms with Gasteiger partial charge in [-0.2, -0.15) is 0 Å². The molecule has 0 saturated carbocycles. The summed E-state index contributed by atoms with van der Waals surface area (Å²) < 4.78 is 18.3. The van der Waals surface area contributed by atoms with Gasteiger partial charge in [0, 0.05) is 5.75 Å². The molecule has 0 aromatic rings. The van der Waals surface area contributed by atoms with Crippen molar-refractivity contribution in [3.63, 3.8) is 0 Å². The first-order chi connectivity index (χ1) is 12.8. The van der Waals surface area contributed by atoms with Crippen molar-refractivity contribution in [2.45, 2.75) is 96.8 Å². The molecule has 27 heavy (non-hydrogen) atoms. The Labute approximate surface area is 174 Å². The van der Waals surface area contributed by atoms with Crippen LogP contribution < -0.4 is 5.50 Å². The Morgan fingerprint density at radius 1 is 0.778 bits per heavy atom. The normalized spacial score (nSPS) is 14.4. The summed E-state index contributed by atoms with van der Waals surface area (Å²) in [5.41, 5.74) is 5.79. The molecule has 164 valence electrons. The molecule has 1 unspecified atom stereocenters. The van der Waals surface area contributed by atoms with E-state index in [0.717, 1.165) is 23.2 Å². The number of quaternary nitrogens is 1. The van der Waals surface area contributed by atoms with Crippen molar-refractivity contribution in [3.05, 3.63) is 0 Å². The highest BCUT2D eigenvalue weighted by molar-refractivity contribution is 8.55. The van der Waals surface area contributed by atoms with Crippen LogP contribution in [0.25, 0.3) is 0 Å². The van der Waals surface area contributed by atoms with Crippen molar-refractivity contribution >= 4 is 18.1 Å². The first-order valence-corrected chi connectivity index (χ1v) is 14.5. The van der Waals surface area contributed by atoms with Gasteiger partial charge in [-0.15, -0.1) is 0 Å². The van der Waals surface area contributed by atoms with E-state index in [9.17, 15) is 4.57 Å². The fourth-order valence-electron chi connectivity index (χ4n) is 2.97. The third kappa shape index (κ3) is 22.6. The van der Waals surface area contributed by atoms with Crippen molar-refractivity contribution in [1.82, 2.24) is 0 Å². The van der Waals surface area contributed by atoms with Crippen LogP contribution in [0.1, 0.15) is 96.8 Å². The minimum absolute atomic E-state index is 0.461. The Morgan fingerprint density at radius 2 is 1.19 bits per heavy atom. The lowest BCUT2D eigenvalue weighted by molar-refractivity contribution is -0.870. The second-order valence-corrected chi connectivity index (χ2v) is 13.1. The van der Waals surface area contributed by atoms with E-state index >= 15 is 0 Å². The molecule has 0 aliphatic heterocycles. The Bertz CT molecular complexity index is 376. The molecule has 0 rings (SSSR count). The molecule has 0 aliphatic carbocycles. The number of nitrogens with zero attached hydrogens (tertiary/aromatic N) is 1. The number of nitrogens with two attached hydrogens (primary N) is 1. The summed E-state index contributed by atoms with van der Waals surface area (Å²) in [5.74, 6) is 0.843. The van der Waals surface area contributed by atoms with Gasteiger partial charge in [0.15, 0.2) is 0 Å². The maximum absolute atomic E-state index is 12.1. The molecule has 0 heterocycles. The van der Waals surface area contributed by atoms with E-state index in [1.165, 1.54) is 94.9 Å². The Balaban J connectivity index is 3.31. The molecular weight excluding hydrogens is 375 g/mol.